The molecule has 1 aromatic rings. The Bertz CT molecular complexity index is 602. The molecule has 0 spiro atoms. The monoisotopic (exact) mass is 396 g/mol. The lowest BCUT2D eigenvalue weighted by Gasteiger charge is -2.18. The smallest absolute Gasteiger partial charge is 0.374 e. The van der Waals surface area contributed by atoms with E-state index in [1.165, 1.54) is 18.1 Å². The third-order valence-corrected chi connectivity index (χ3v) is 4.05. The number of rotatable bonds is 7. The minimum absolute atomic E-state index is 0.151. The minimum atomic E-state index is -0.895. The van der Waals surface area contributed by atoms with E-state index in [9.17, 15) is 14.4 Å². The molecule has 0 aromatic heterocycles. The van der Waals surface area contributed by atoms with Gasteiger partial charge in [0, 0.05) is 12.2 Å². The Kier molecular flexibility index (Phi) is 11.7. The first-order valence-electron chi connectivity index (χ1n) is 9.13. The second kappa shape index (κ2) is 12.5. The molecule has 0 bridgehead atoms. The summed E-state index contributed by atoms with van der Waals surface area (Å²) in [5, 5.41) is 0. The summed E-state index contributed by atoms with van der Waals surface area (Å²) in [5.41, 5.74) is 2.93. The molecule has 0 fully saturated rings. The van der Waals surface area contributed by atoms with Crippen molar-refractivity contribution in [3.63, 3.8) is 0 Å². The molecule has 1 unspecified atom stereocenters. The van der Waals surface area contributed by atoms with Gasteiger partial charge in [-0.05, 0) is 30.4 Å². The zero-order valence-electron chi connectivity index (χ0n) is 17.2. The molecule has 1 atom stereocenters. The van der Waals surface area contributed by atoms with Crippen molar-refractivity contribution in [1.82, 2.24) is 0 Å². The second-order valence-electron chi connectivity index (χ2n) is 7.11. The number of benzene rings is 1. The highest BCUT2D eigenvalue weighted by atomic mass is 32.1. The minimum Gasteiger partial charge on any atom is -0.466 e. The number of carbonyl (C=O) groups is 3. The van der Waals surface area contributed by atoms with E-state index in [0.717, 1.165) is 5.75 Å². The van der Waals surface area contributed by atoms with E-state index in [2.05, 4.69) is 62.4 Å². The van der Waals surface area contributed by atoms with Gasteiger partial charge in [0.2, 0.25) is 5.78 Å². The molecule has 5 nitrogen and oxygen atoms in total. The number of Topliss-reactive ketones (excluding diaryl/α,β-unsaturated/α-hetero) is 1. The lowest BCUT2D eigenvalue weighted by Crippen LogP contribution is -2.24. The van der Waals surface area contributed by atoms with Crippen LogP contribution in [0, 0.1) is 5.92 Å². The normalized spacial score (nSPS) is 11.7. The van der Waals surface area contributed by atoms with Crippen LogP contribution in [0.3, 0.4) is 0 Å². The molecule has 0 saturated heterocycles. The molecule has 0 heterocycles. The van der Waals surface area contributed by atoms with Gasteiger partial charge in [-0.3, -0.25) is 9.59 Å². The maximum absolute atomic E-state index is 11.2. The fourth-order valence-corrected chi connectivity index (χ4v) is 2.26. The lowest BCUT2D eigenvalue weighted by atomic mass is 9.87. The summed E-state index contributed by atoms with van der Waals surface area (Å²) < 4.78 is 9.20. The Morgan fingerprint density at radius 1 is 1.00 bits per heavy atom. The summed E-state index contributed by atoms with van der Waals surface area (Å²) in [6.07, 6.45) is -0.169. The molecule has 27 heavy (non-hydrogen) atoms. The first-order valence-corrected chi connectivity index (χ1v) is 9.76. The number of ether oxygens (including phenoxy) is 2. The molecule has 1 aromatic carbocycles. The summed E-state index contributed by atoms with van der Waals surface area (Å²) in [7, 11) is 0. The van der Waals surface area contributed by atoms with Crippen LogP contribution in [0.5, 0.6) is 0 Å². The van der Waals surface area contributed by atoms with Crippen LogP contribution in [0.1, 0.15) is 59.1 Å². The third-order valence-electron chi connectivity index (χ3n) is 3.69. The van der Waals surface area contributed by atoms with Gasteiger partial charge in [-0.2, -0.15) is 12.6 Å². The van der Waals surface area contributed by atoms with Gasteiger partial charge < -0.3 is 9.47 Å². The Hall–Kier alpha value is -1.82. The lowest BCUT2D eigenvalue weighted by molar-refractivity contribution is -0.156. The Balaban J connectivity index is 0.000000511. The predicted octanol–water partition coefficient (Wildman–Crippen LogP) is 4.12. The number of carbonyl (C=O) groups excluding carboxylic acids is 3. The standard InChI is InChI=1S/C11H16S.C10H16O5/c1-11(2,3)10-6-4-9(8-12)5-7-10;1-4-14-9(12)7(3)6-8(11)10(13)15-5-2/h4-7,12H,8H2,1-3H3;7H,4-6H2,1-3H3. The summed E-state index contributed by atoms with van der Waals surface area (Å²) in [6, 6.07) is 8.66. The number of hydrogen-bond donors (Lipinski definition) is 1. The van der Waals surface area contributed by atoms with Crippen molar-refractivity contribution in [2.75, 3.05) is 13.2 Å². The largest absolute Gasteiger partial charge is 0.466 e. The summed E-state index contributed by atoms with van der Waals surface area (Å²) in [5.74, 6) is -1.85. The van der Waals surface area contributed by atoms with Crippen LogP contribution in [-0.4, -0.2) is 30.9 Å². The van der Waals surface area contributed by atoms with E-state index in [1.54, 1.807) is 13.8 Å². The van der Waals surface area contributed by atoms with Crippen molar-refractivity contribution >= 4 is 30.4 Å². The van der Waals surface area contributed by atoms with Crippen molar-refractivity contribution in [3.05, 3.63) is 35.4 Å². The SMILES string of the molecule is CC(C)(C)c1ccc(CS)cc1.CCOC(=O)C(=O)CC(C)C(=O)OCC. The van der Waals surface area contributed by atoms with Gasteiger partial charge in [-0.25, -0.2) is 4.79 Å². The van der Waals surface area contributed by atoms with Gasteiger partial charge in [0.1, 0.15) is 0 Å². The summed E-state index contributed by atoms with van der Waals surface area (Å²) >= 11 is 4.22. The number of thiol groups is 1. The van der Waals surface area contributed by atoms with Crippen LogP contribution in [0.2, 0.25) is 0 Å². The fourth-order valence-electron chi connectivity index (χ4n) is 2.05. The maximum Gasteiger partial charge on any atom is 0.374 e. The van der Waals surface area contributed by atoms with Crippen LogP contribution in [0.15, 0.2) is 24.3 Å². The van der Waals surface area contributed by atoms with E-state index in [-0.39, 0.29) is 25.0 Å². The van der Waals surface area contributed by atoms with Gasteiger partial charge in [-0.15, -0.1) is 0 Å². The van der Waals surface area contributed by atoms with E-state index < -0.39 is 23.6 Å². The van der Waals surface area contributed by atoms with Gasteiger partial charge in [0.25, 0.3) is 0 Å². The number of hydrogen-bond acceptors (Lipinski definition) is 6. The molecule has 0 radical (unpaired) electrons. The molecule has 1 rings (SSSR count). The van der Waals surface area contributed by atoms with Gasteiger partial charge in [0.15, 0.2) is 0 Å². The van der Waals surface area contributed by atoms with E-state index >= 15 is 0 Å². The Labute approximate surface area is 168 Å². The Morgan fingerprint density at radius 2 is 1.52 bits per heavy atom. The molecule has 152 valence electrons. The van der Waals surface area contributed by atoms with Gasteiger partial charge in [0.05, 0.1) is 19.1 Å². The number of esters is 2. The van der Waals surface area contributed by atoms with Crippen LogP contribution < -0.4 is 0 Å². The molecule has 0 saturated carbocycles. The summed E-state index contributed by atoms with van der Waals surface area (Å²) in [6.45, 7) is 11.9. The van der Waals surface area contributed by atoms with Crippen LogP contribution in [0.4, 0.5) is 0 Å². The van der Waals surface area contributed by atoms with E-state index in [0.29, 0.717) is 0 Å². The average Bonchev–Trinajstić information content (AvgIpc) is 2.61. The number of ketones is 1. The van der Waals surface area contributed by atoms with E-state index in [4.69, 9.17) is 4.74 Å². The van der Waals surface area contributed by atoms with E-state index in [1.807, 2.05) is 0 Å². The predicted molar refractivity (Wildman–Crippen MR) is 110 cm³/mol. The van der Waals surface area contributed by atoms with Gasteiger partial charge >= 0.3 is 11.9 Å². The molecule has 6 heteroatoms. The zero-order valence-corrected chi connectivity index (χ0v) is 18.1. The van der Waals surface area contributed by atoms with Crippen LogP contribution in [-0.2, 0) is 35.0 Å². The first-order chi connectivity index (χ1) is 12.6. The van der Waals surface area contributed by atoms with Crippen molar-refractivity contribution in [2.45, 2.75) is 59.1 Å². The third kappa shape index (κ3) is 10.2. The highest BCUT2D eigenvalue weighted by Gasteiger charge is 2.23. The molecule has 0 amide bonds. The second-order valence-corrected chi connectivity index (χ2v) is 7.42. The molecular weight excluding hydrogens is 364 g/mol. The van der Waals surface area contributed by atoms with Crippen molar-refractivity contribution in [1.29, 1.82) is 0 Å². The highest BCUT2D eigenvalue weighted by Crippen LogP contribution is 2.22. The molecule has 0 N–H and O–H groups in total. The maximum atomic E-state index is 11.2. The van der Waals surface area contributed by atoms with Crippen molar-refractivity contribution in [2.24, 2.45) is 5.92 Å². The molecular formula is C21H32O5S. The average molecular weight is 397 g/mol. The quantitative estimate of drug-likeness (QED) is 0.426. The molecule has 0 aliphatic rings. The fraction of sp³-hybridized carbons (Fsp3) is 0.571. The Morgan fingerprint density at radius 3 is 1.93 bits per heavy atom. The van der Waals surface area contributed by atoms with Crippen molar-refractivity contribution in [3.8, 4) is 0 Å². The van der Waals surface area contributed by atoms with Crippen LogP contribution >= 0.6 is 12.6 Å². The first kappa shape index (κ1) is 25.2. The van der Waals surface area contributed by atoms with Crippen molar-refractivity contribution < 1.29 is 23.9 Å². The molecule has 0 aliphatic heterocycles. The van der Waals surface area contributed by atoms with Crippen LogP contribution in [0.25, 0.3) is 0 Å². The highest BCUT2D eigenvalue weighted by molar-refractivity contribution is 7.79. The van der Waals surface area contributed by atoms with Gasteiger partial charge in [-0.1, -0.05) is 52.0 Å². The summed E-state index contributed by atoms with van der Waals surface area (Å²) in [4.78, 5) is 33.2. The zero-order chi connectivity index (χ0) is 21.0. The molecule has 0 aliphatic carbocycles. The topological polar surface area (TPSA) is 69.7 Å².